The predicted molar refractivity (Wildman–Crippen MR) is 263 cm³/mol. The summed E-state index contributed by atoms with van der Waals surface area (Å²) in [6.07, 6.45) is 5.26. The number of para-hydroxylation sites is 3. The van der Waals surface area contributed by atoms with Gasteiger partial charge in [-0.25, -0.2) is 0 Å². The lowest BCUT2D eigenvalue weighted by Crippen LogP contribution is -2.32. The summed E-state index contributed by atoms with van der Waals surface area (Å²) in [4.78, 5) is 2.60. The minimum absolute atomic E-state index is 0.0547. The molecule has 63 heavy (non-hydrogen) atoms. The molecule has 3 aliphatic carbocycles. The van der Waals surface area contributed by atoms with E-state index in [2.05, 4.69) is 228 Å². The Kier molecular flexibility index (Phi) is 8.24. The van der Waals surface area contributed by atoms with E-state index in [1.54, 1.807) is 5.56 Å². The van der Waals surface area contributed by atoms with Crippen LogP contribution in [0.15, 0.2) is 218 Å². The average Bonchev–Trinajstić information content (AvgIpc) is 4.13. The van der Waals surface area contributed by atoms with Crippen molar-refractivity contribution in [2.45, 2.75) is 31.1 Å². The largest absolute Gasteiger partial charge is 0.309 e. The van der Waals surface area contributed by atoms with Gasteiger partial charge in [-0.3, -0.25) is 0 Å². The summed E-state index contributed by atoms with van der Waals surface area (Å²) in [6, 6.07) is 81.3. The highest BCUT2D eigenvalue weighted by molar-refractivity contribution is 6.17. The number of nitrogens with zero attached hydrogens (tertiary/aromatic N) is 2. The highest BCUT2D eigenvalue weighted by Crippen LogP contribution is 2.66. The molecule has 3 aliphatic rings. The highest BCUT2D eigenvalue weighted by atomic mass is 15.2. The Morgan fingerprint density at radius 2 is 1.02 bits per heavy atom. The fourth-order valence-corrected chi connectivity index (χ4v) is 12.4. The second kappa shape index (κ2) is 14.3. The van der Waals surface area contributed by atoms with E-state index in [-0.39, 0.29) is 5.41 Å². The fraction of sp³-hybridized carbons (Fsp3) is 0.115. The molecule has 9 aromatic carbocycles. The molecule has 1 aromatic heterocycles. The maximum absolute atomic E-state index is 2.61. The zero-order chi connectivity index (χ0) is 41.5. The number of fused-ring (bicyclic) bond motifs is 11. The van der Waals surface area contributed by atoms with Gasteiger partial charge in [-0.2, -0.15) is 0 Å². The van der Waals surface area contributed by atoms with Gasteiger partial charge in [0, 0.05) is 33.1 Å². The van der Waals surface area contributed by atoms with Gasteiger partial charge in [-0.1, -0.05) is 176 Å². The lowest BCUT2D eigenvalue weighted by molar-refractivity contribution is 0.327. The highest BCUT2D eigenvalue weighted by Gasteiger charge is 2.56. The molecule has 0 amide bonds. The third kappa shape index (κ3) is 5.44. The van der Waals surface area contributed by atoms with Crippen LogP contribution in [0.25, 0.3) is 72.0 Å². The molecular formula is C61H46N2. The smallest absolute Gasteiger partial charge is 0.0562 e. The summed E-state index contributed by atoms with van der Waals surface area (Å²) in [5.41, 5.74) is 20.3. The van der Waals surface area contributed by atoms with E-state index in [9.17, 15) is 0 Å². The zero-order valence-electron chi connectivity index (χ0n) is 35.2. The monoisotopic (exact) mass is 806 g/mol. The van der Waals surface area contributed by atoms with Crippen LogP contribution in [-0.4, -0.2) is 4.57 Å². The summed E-state index contributed by atoms with van der Waals surface area (Å²) in [6.45, 7) is 0. The summed E-state index contributed by atoms with van der Waals surface area (Å²) in [7, 11) is 0. The van der Waals surface area contributed by atoms with Gasteiger partial charge in [0.25, 0.3) is 0 Å². The molecule has 3 atom stereocenters. The van der Waals surface area contributed by atoms with Gasteiger partial charge in [-0.05, 0) is 130 Å². The molecule has 13 rings (SSSR count). The Morgan fingerprint density at radius 3 is 1.78 bits per heavy atom. The number of rotatable bonds is 7. The number of anilines is 3. The summed E-state index contributed by atoms with van der Waals surface area (Å²) >= 11 is 0. The first-order chi connectivity index (χ1) is 31.3. The van der Waals surface area contributed by atoms with E-state index in [0.717, 1.165) is 17.3 Å². The molecule has 1 spiro atoms. The van der Waals surface area contributed by atoms with Crippen molar-refractivity contribution in [1.29, 1.82) is 0 Å². The lowest BCUT2D eigenvalue weighted by atomic mass is 9.67. The molecule has 2 heteroatoms. The topological polar surface area (TPSA) is 8.17 Å². The SMILES string of the molecule is c1ccc(-c2ccccc2-c2ccccc2-c2ccccc2N(c2ccc3c(c2)C2(CC4CCC2C4)c2ccccc2-3)c2cccc3c2c2ccccc2n3-c2ccccc2)cc1. The molecule has 2 bridgehead atoms. The van der Waals surface area contributed by atoms with E-state index >= 15 is 0 Å². The molecule has 0 aliphatic heterocycles. The number of hydrogen-bond donors (Lipinski definition) is 0. The molecule has 2 saturated carbocycles. The lowest BCUT2D eigenvalue weighted by Gasteiger charge is -2.37. The van der Waals surface area contributed by atoms with Crippen molar-refractivity contribution >= 4 is 38.9 Å². The van der Waals surface area contributed by atoms with Crippen molar-refractivity contribution in [3.63, 3.8) is 0 Å². The van der Waals surface area contributed by atoms with Crippen LogP contribution in [0.1, 0.15) is 36.8 Å². The standard InChI is InChI=1S/C61H46N2/c1-3-18-42(19-4-1)46-22-7-8-23-47(46)48-24-9-10-25-49(48)52-27-12-15-30-56(52)63(59-33-17-32-58-60(59)53-28-13-16-31-57(53)62(58)44-20-5-2-6-21-44)45-36-37-51-50-26-11-14-29-54(50)61(55(51)39-45)40-41-34-35-43(61)38-41/h1-33,36-37,39,41,43H,34-35,38,40H2. The first-order valence-corrected chi connectivity index (χ1v) is 22.7. The van der Waals surface area contributed by atoms with Crippen LogP contribution in [0.2, 0.25) is 0 Å². The van der Waals surface area contributed by atoms with E-state index in [4.69, 9.17) is 0 Å². The summed E-state index contributed by atoms with van der Waals surface area (Å²) in [5, 5.41) is 2.48. The molecule has 2 fully saturated rings. The Bertz CT molecular complexity index is 3380. The van der Waals surface area contributed by atoms with Crippen LogP contribution >= 0.6 is 0 Å². The van der Waals surface area contributed by atoms with E-state index in [0.29, 0.717) is 5.92 Å². The Balaban J connectivity index is 1.09. The van der Waals surface area contributed by atoms with Gasteiger partial charge >= 0.3 is 0 Å². The van der Waals surface area contributed by atoms with Gasteiger partial charge in [-0.15, -0.1) is 0 Å². The summed E-state index contributed by atoms with van der Waals surface area (Å²) in [5.74, 6) is 1.47. The van der Waals surface area contributed by atoms with Crippen LogP contribution in [0.4, 0.5) is 17.1 Å². The van der Waals surface area contributed by atoms with Crippen molar-refractivity contribution < 1.29 is 0 Å². The van der Waals surface area contributed by atoms with Crippen LogP contribution in [0, 0.1) is 11.8 Å². The number of benzene rings is 9. The Morgan fingerprint density at radius 1 is 0.429 bits per heavy atom. The minimum atomic E-state index is 0.0547. The van der Waals surface area contributed by atoms with Crippen LogP contribution in [0.3, 0.4) is 0 Å². The Hall–Kier alpha value is -7.42. The maximum Gasteiger partial charge on any atom is 0.0562 e. The predicted octanol–water partition coefficient (Wildman–Crippen LogP) is 16.3. The second-order valence-corrected chi connectivity index (χ2v) is 18.0. The van der Waals surface area contributed by atoms with Crippen molar-refractivity contribution in [2.75, 3.05) is 4.90 Å². The molecular weight excluding hydrogens is 761 g/mol. The van der Waals surface area contributed by atoms with Crippen molar-refractivity contribution in [3.05, 3.63) is 230 Å². The molecule has 3 unspecified atom stereocenters. The van der Waals surface area contributed by atoms with Crippen LogP contribution in [-0.2, 0) is 5.41 Å². The van der Waals surface area contributed by atoms with E-state index in [1.807, 2.05) is 0 Å². The molecule has 0 radical (unpaired) electrons. The number of hydrogen-bond acceptors (Lipinski definition) is 1. The van der Waals surface area contributed by atoms with Gasteiger partial charge in [0.15, 0.2) is 0 Å². The molecule has 2 nitrogen and oxygen atoms in total. The van der Waals surface area contributed by atoms with Crippen molar-refractivity contribution in [3.8, 4) is 50.2 Å². The van der Waals surface area contributed by atoms with Gasteiger partial charge < -0.3 is 9.47 Å². The molecule has 0 saturated heterocycles. The average molecular weight is 807 g/mol. The van der Waals surface area contributed by atoms with Crippen molar-refractivity contribution in [1.82, 2.24) is 4.57 Å². The van der Waals surface area contributed by atoms with Crippen LogP contribution < -0.4 is 4.90 Å². The first kappa shape index (κ1) is 36.3. The minimum Gasteiger partial charge on any atom is -0.309 e. The van der Waals surface area contributed by atoms with Gasteiger partial charge in [0.2, 0.25) is 0 Å². The van der Waals surface area contributed by atoms with Crippen LogP contribution in [0.5, 0.6) is 0 Å². The van der Waals surface area contributed by atoms with Crippen molar-refractivity contribution in [2.24, 2.45) is 11.8 Å². The molecule has 0 N–H and O–H groups in total. The number of aromatic nitrogens is 1. The molecule has 10 aromatic rings. The third-order valence-corrected chi connectivity index (χ3v) is 14.9. The van der Waals surface area contributed by atoms with E-state index in [1.165, 1.54) is 109 Å². The Labute approximate surface area is 369 Å². The fourth-order valence-electron chi connectivity index (χ4n) is 12.4. The molecule has 1 heterocycles. The third-order valence-electron chi connectivity index (χ3n) is 14.9. The first-order valence-electron chi connectivity index (χ1n) is 22.7. The quantitative estimate of drug-likeness (QED) is 0.156. The maximum atomic E-state index is 2.61. The van der Waals surface area contributed by atoms with E-state index < -0.39 is 0 Å². The van der Waals surface area contributed by atoms with Gasteiger partial charge in [0.1, 0.15) is 0 Å². The zero-order valence-corrected chi connectivity index (χ0v) is 35.2. The molecule has 300 valence electrons. The van der Waals surface area contributed by atoms with Gasteiger partial charge in [0.05, 0.1) is 22.4 Å². The normalized spacial score (nSPS) is 18.3. The summed E-state index contributed by atoms with van der Waals surface area (Å²) < 4.78 is 2.44. The second-order valence-electron chi connectivity index (χ2n) is 18.0.